The monoisotopic (exact) mass is 321 g/mol. The van der Waals surface area contributed by atoms with E-state index in [1.165, 1.54) is 15.3 Å². The predicted octanol–water partition coefficient (Wildman–Crippen LogP) is 5.94. The molecular formula is C18H24ClNS. The highest BCUT2D eigenvalue weighted by atomic mass is 35.5. The molecule has 0 spiro atoms. The summed E-state index contributed by atoms with van der Waals surface area (Å²) in [6, 6.07) is 13.0. The fraction of sp³-hybridized carbons (Fsp3) is 0.444. The number of halogens is 1. The Morgan fingerprint density at radius 2 is 1.95 bits per heavy atom. The number of nitrogens with one attached hydrogen (secondary N) is 1. The molecule has 1 heterocycles. The van der Waals surface area contributed by atoms with Crippen LogP contribution in [0.1, 0.15) is 55.5 Å². The molecule has 0 aliphatic rings. The number of hydrogen-bond donors (Lipinski definition) is 1. The summed E-state index contributed by atoms with van der Waals surface area (Å²) in [5, 5.41) is 4.45. The molecular weight excluding hydrogens is 298 g/mol. The lowest BCUT2D eigenvalue weighted by Gasteiger charge is -2.18. The lowest BCUT2D eigenvalue weighted by atomic mass is 9.95. The standard InChI is InChI=1S/C18H24ClNS/c1-5-16(13-7-6-8-14(19)11-13)20-12-15-9-10-17(21-15)18(2,3)4/h6-11,16,20H,5,12H2,1-4H3. The van der Waals surface area contributed by atoms with Crippen LogP contribution in [-0.2, 0) is 12.0 Å². The maximum absolute atomic E-state index is 6.09. The molecule has 2 aromatic rings. The third kappa shape index (κ3) is 4.57. The van der Waals surface area contributed by atoms with E-state index >= 15 is 0 Å². The van der Waals surface area contributed by atoms with Gasteiger partial charge in [0, 0.05) is 27.4 Å². The first-order chi connectivity index (χ1) is 9.90. The molecule has 1 nitrogen and oxygen atoms in total. The van der Waals surface area contributed by atoms with Crippen LogP contribution in [0.2, 0.25) is 5.02 Å². The summed E-state index contributed by atoms with van der Waals surface area (Å²) < 4.78 is 0. The molecule has 0 aliphatic carbocycles. The molecule has 0 fully saturated rings. The van der Waals surface area contributed by atoms with Crippen molar-refractivity contribution >= 4 is 22.9 Å². The van der Waals surface area contributed by atoms with Gasteiger partial charge in [0.1, 0.15) is 0 Å². The van der Waals surface area contributed by atoms with Gasteiger partial charge in [-0.3, -0.25) is 0 Å². The van der Waals surface area contributed by atoms with Gasteiger partial charge in [0.2, 0.25) is 0 Å². The molecule has 114 valence electrons. The van der Waals surface area contributed by atoms with Crippen molar-refractivity contribution in [3.8, 4) is 0 Å². The minimum Gasteiger partial charge on any atom is -0.305 e. The zero-order chi connectivity index (χ0) is 15.5. The summed E-state index contributed by atoms with van der Waals surface area (Å²) in [5.74, 6) is 0. The second-order valence-corrected chi connectivity index (χ2v) is 8.02. The Morgan fingerprint density at radius 1 is 1.19 bits per heavy atom. The van der Waals surface area contributed by atoms with Gasteiger partial charge in [-0.25, -0.2) is 0 Å². The number of rotatable bonds is 5. The number of thiophene rings is 1. The van der Waals surface area contributed by atoms with Crippen molar-refractivity contribution in [2.24, 2.45) is 0 Å². The maximum atomic E-state index is 6.09. The summed E-state index contributed by atoms with van der Waals surface area (Å²) in [5.41, 5.74) is 1.50. The minimum atomic E-state index is 0.236. The van der Waals surface area contributed by atoms with Crippen molar-refractivity contribution in [3.63, 3.8) is 0 Å². The molecule has 0 bridgehead atoms. The lowest BCUT2D eigenvalue weighted by molar-refractivity contribution is 0.522. The van der Waals surface area contributed by atoms with Crippen LogP contribution in [0.4, 0.5) is 0 Å². The van der Waals surface area contributed by atoms with E-state index in [2.05, 4.69) is 57.3 Å². The first-order valence-corrected chi connectivity index (χ1v) is 8.67. The summed E-state index contributed by atoms with van der Waals surface area (Å²) >= 11 is 7.99. The first-order valence-electron chi connectivity index (χ1n) is 7.48. The first kappa shape index (κ1) is 16.5. The van der Waals surface area contributed by atoms with Crippen molar-refractivity contribution in [2.75, 3.05) is 0 Å². The van der Waals surface area contributed by atoms with Crippen LogP contribution in [-0.4, -0.2) is 0 Å². The summed E-state index contributed by atoms with van der Waals surface area (Å²) in [6.45, 7) is 9.89. The third-order valence-corrected chi connectivity index (χ3v) is 5.33. The van der Waals surface area contributed by atoms with Crippen molar-refractivity contribution in [1.82, 2.24) is 5.32 Å². The van der Waals surface area contributed by atoms with Crippen LogP contribution in [0, 0.1) is 0 Å². The van der Waals surface area contributed by atoms with E-state index in [-0.39, 0.29) is 5.41 Å². The molecule has 2 rings (SSSR count). The largest absolute Gasteiger partial charge is 0.305 e. The van der Waals surface area contributed by atoms with Crippen molar-refractivity contribution in [1.29, 1.82) is 0 Å². The zero-order valence-electron chi connectivity index (χ0n) is 13.2. The second-order valence-electron chi connectivity index (χ2n) is 6.41. The predicted molar refractivity (Wildman–Crippen MR) is 94.3 cm³/mol. The van der Waals surface area contributed by atoms with Crippen LogP contribution in [0.5, 0.6) is 0 Å². The van der Waals surface area contributed by atoms with E-state index in [9.17, 15) is 0 Å². The van der Waals surface area contributed by atoms with Gasteiger partial charge in [0.25, 0.3) is 0 Å². The average Bonchev–Trinajstić information content (AvgIpc) is 2.88. The molecule has 21 heavy (non-hydrogen) atoms. The van der Waals surface area contributed by atoms with E-state index < -0.39 is 0 Å². The summed E-state index contributed by atoms with van der Waals surface area (Å²) in [4.78, 5) is 2.83. The van der Waals surface area contributed by atoms with E-state index in [1.54, 1.807) is 0 Å². The van der Waals surface area contributed by atoms with Crippen molar-refractivity contribution < 1.29 is 0 Å². The Morgan fingerprint density at radius 3 is 2.52 bits per heavy atom. The highest BCUT2D eigenvalue weighted by molar-refractivity contribution is 7.12. The molecule has 0 saturated carbocycles. The second kappa shape index (κ2) is 6.95. The van der Waals surface area contributed by atoms with Crippen molar-refractivity contribution in [3.05, 3.63) is 56.7 Å². The molecule has 1 atom stereocenters. The fourth-order valence-corrected chi connectivity index (χ4v) is 3.54. The molecule has 3 heteroatoms. The Hall–Kier alpha value is -0.830. The molecule has 0 amide bonds. The number of hydrogen-bond acceptors (Lipinski definition) is 2. The molecule has 0 radical (unpaired) electrons. The SMILES string of the molecule is CCC(NCc1ccc(C(C)(C)C)s1)c1cccc(Cl)c1. The average molecular weight is 322 g/mol. The van der Waals surface area contributed by atoms with Gasteiger partial charge in [-0.2, -0.15) is 0 Å². The van der Waals surface area contributed by atoms with Gasteiger partial charge >= 0.3 is 0 Å². The maximum Gasteiger partial charge on any atom is 0.0409 e. The Bertz CT molecular complexity index is 583. The van der Waals surface area contributed by atoms with Crippen LogP contribution < -0.4 is 5.32 Å². The quantitative estimate of drug-likeness (QED) is 0.718. The lowest BCUT2D eigenvalue weighted by Crippen LogP contribution is -2.19. The van der Waals surface area contributed by atoms with E-state index in [4.69, 9.17) is 11.6 Å². The fourth-order valence-electron chi connectivity index (χ4n) is 2.32. The van der Waals surface area contributed by atoms with Crippen LogP contribution in [0.3, 0.4) is 0 Å². The normalized spacial score (nSPS) is 13.4. The summed E-state index contributed by atoms with van der Waals surface area (Å²) in [6.07, 6.45) is 1.05. The van der Waals surface area contributed by atoms with E-state index in [0.717, 1.165) is 18.0 Å². The van der Waals surface area contributed by atoms with Crippen LogP contribution >= 0.6 is 22.9 Å². The molecule has 1 N–H and O–H groups in total. The molecule has 1 unspecified atom stereocenters. The van der Waals surface area contributed by atoms with Crippen molar-refractivity contribution in [2.45, 2.75) is 52.1 Å². The third-order valence-electron chi connectivity index (χ3n) is 3.58. The van der Waals surface area contributed by atoms with Crippen LogP contribution in [0.15, 0.2) is 36.4 Å². The minimum absolute atomic E-state index is 0.236. The topological polar surface area (TPSA) is 12.0 Å². The highest BCUT2D eigenvalue weighted by Gasteiger charge is 2.16. The highest BCUT2D eigenvalue weighted by Crippen LogP contribution is 2.30. The van der Waals surface area contributed by atoms with Gasteiger partial charge in [-0.1, -0.05) is 51.4 Å². The van der Waals surface area contributed by atoms with Gasteiger partial charge in [0.15, 0.2) is 0 Å². The van der Waals surface area contributed by atoms with Gasteiger partial charge < -0.3 is 5.32 Å². The molecule has 1 aromatic heterocycles. The van der Waals surface area contributed by atoms with E-state index in [1.807, 2.05) is 23.5 Å². The summed E-state index contributed by atoms with van der Waals surface area (Å²) in [7, 11) is 0. The zero-order valence-corrected chi connectivity index (χ0v) is 14.8. The Labute approximate surface area is 137 Å². The molecule has 0 saturated heterocycles. The number of benzene rings is 1. The Kier molecular flexibility index (Phi) is 5.48. The van der Waals surface area contributed by atoms with Gasteiger partial charge in [-0.05, 0) is 41.7 Å². The van der Waals surface area contributed by atoms with Gasteiger partial charge in [0.05, 0.1) is 0 Å². The molecule has 0 aliphatic heterocycles. The molecule has 1 aromatic carbocycles. The Balaban J connectivity index is 2.02. The van der Waals surface area contributed by atoms with E-state index in [0.29, 0.717) is 6.04 Å². The van der Waals surface area contributed by atoms with Crippen LogP contribution in [0.25, 0.3) is 0 Å². The smallest absolute Gasteiger partial charge is 0.0409 e. The van der Waals surface area contributed by atoms with Gasteiger partial charge in [-0.15, -0.1) is 11.3 Å².